The van der Waals surface area contributed by atoms with E-state index in [4.69, 9.17) is 0 Å². The zero-order valence-electron chi connectivity index (χ0n) is 11.3. The Morgan fingerprint density at radius 2 is 2.12 bits per heavy atom. The van der Waals surface area contributed by atoms with E-state index >= 15 is 0 Å². The molecule has 0 aliphatic carbocycles. The lowest BCUT2D eigenvalue weighted by Gasteiger charge is -2.46. The van der Waals surface area contributed by atoms with Crippen molar-refractivity contribution in [3.8, 4) is 0 Å². The second-order valence-electron chi connectivity index (χ2n) is 6.57. The van der Waals surface area contributed by atoms with Crippen LogP contribution in [0.4, 0.5) is 0 Å². The normalized spacial score (nSPS) is 36.2. The van der Waals surface area contributed by atoms with Gasteiger partial charge in [0, 0.05) is 12.1 Å². The molecule has 0 spiro atoms. The summed E-state index contributed by atoms with van der Waals surface area (Å²) in [6.45, 7) is 12.4. The Morgan fingerprint density at radius 1 is 1.31 bits per heavy atom. The highest BCUT2D eigenvalue weighted by Crippen LogP contribution is 2.32. The molecule has 0 saturated carbocycles. The van der Waals surface area contributed by atoms with Crippen molar-refractivity contribution in [2.75, 3.05) is 26.2 Å². The Labute approximate surface area is 101 Å². The zero-order valence-corrected chi connectivity index (χ0v) is 11.3. The van der Waals surface area contributed by atoms with Gasteiger partial charge in [0.25, 0.3) is 0 Å². The monoisotopic (exact) mass is 224 g/mol. The molecule has 2 fully saturated rings. The molecule has 2 heteroatoms. The largest absolute Gasteiger partial charge is 0.316 e. The van der Waals surface area contributed by atoms with E-state index < -0.39 is 0 Å². The van der Waals surface area contributed by atoms with Crippen molar-refractivity contribution in [3.63, 3.8) is 0 Å². The lowest BCUT2D eigenvalue weighted by molar-refractivity contribution is 0.0339. The van der Waals surface area contributed by atoms with E-state index in [1.165, 1.54) is 51.9 Å². The fourth-order valence-electron chi connectivity index (χ4n) is 3.49. The molecule has 16 heavy (non-hydrogen) atoms. The predicted octanol–water partition coefficient (Wildman–Crippen LogP) is 2.50. The summed E-state index contributed by atoms with van der Waals surface area (Å²) in [5, 5.41) is 3.53. The Balaban J connectivity index is 1.87. The van der Waals surface area contributed by atoms with Gasteiger partial charge in [-0.3, -0.25) is 4.90 Å². The van der Waals surface area contributed by atoms with Crippen LogP contribution in [0.2, 0.25) is 0 Å². The topological polar surface area (TPSA) is 15.3 Å². The summed E-state index contributed by atoms with van der Waals surface area (Å²) in [7, 11) is 0. The fraction of sp³-hybridized carbons (Fsp3) is 1.00. The molecule has 0 aromatic rings. The Kier molecular flexibility index (Phi) is 3.91. The van der Waals surface area contributed by atoms with Gasteiger partial charge in [0.15, 0.2) is 0 Å². The third-order valence-corrected chi connectivity index (χ3v) is 4.47. The highest BCUT2D eigenvalue weighted by Gasteiger charge is 2.34. The van der Waals surface area contributed by atoms with E-state index in [-0.39, 0.29) is 0 Å². The summed E-state index contributed by atoms with van der Waals surface area (Å²) in [5.41, 5.74) is 0.426. The van der Waals surface area contributed by atoms with Crippen molar-refractivity contribution in [1.82, 2.24) is 10.2 Å². The number of hydrogen-bond donors (Lipinski definition) is 1. The number of nitrogens with zero attached hydrogens (tertiary/aromatic N) is 1. The van der Waals surface area contributed by atoms with Gasteiger partial charge in [0.05, 0.1) is 0 Å². The second-order valence-corrected chi connectivity index (χ2v) is 6.57. The summed E-state index contributed by atoms with van der Waals surface area (Å²) < 4.78 is 0. The van der Waals surface area contributed by atoms with Gasteiger partial charge in [-0.05, 0) is 71.0 Å². The first-order chi connectivity index (χ1) is 7.58. The van der Waals surface area contributed by atoms with Gasteiger partial charge in [-0.25, -0.2) is 0 Å². The molecule has 1 N–H and O–H groups in total. The molecule has 0 amide bonds. The Morgan fingerprint density at radius 3 is 2.75 bits per heavy atom. The molecule has 94 valence electrons. The lowest BCUT2D eigenvalue weighted by atomic mass is 9.82. The zero-order chi connectivity index (χ0) is 11.6. The third kappa shape index (κ3) is 2.98. The molecular weight excluding hydrogens is 196 g/mol. The highest BCUT2D eigenvalue weighted by molar-refractivity contribution is 4.89. The first-order valence-corrected chi connectivity index (χ1v) is 7.04. The van der Waals surface area contributed by atoms with Crippen LogP contribution in [-0.2, 0) is 0 Å². The maximum Gasteiger partial charge on any atom is 0.0155 e. The molecule has 0 aromatic carbocycles. The average molecular weight is 224 g/mol. The SMILES string of the molecule is C[C@H]1CCN(C[C@H]2CCCNC2)C(C)(C)C1. The van der Waals surface area contributed by atoms with Gasteiger partial charge in [0.1, 0.15) is 0 Å². The van der Waals surface area contributed by atoms with E-state index in [9.17, 15) is 0 Å². The van der Waals surface area contributed by atoms with E-state index in [1.54, 1.807) is 0 Å². The predicted molar refractivity (Wildman–Crippen MR) is 69.6 cm³/mol. The second kappa shape index (κ2) is 5.05. The molecule has 2 heterocycles. The van der Waals surface area contributed by atoms with Gasteiger partial charge in [0.2, 0.25) is 0 Å². The number of piperidine rings is 2. The molecule has 2 saturated heterocycles. The summed E-state index contributed by atoms with van der Waals surface area (Å²) >= 11 is 0. The minimum Gasteiger partial charge on any atom is -0.316 e. The summed E-state index contributed by atoms with van der Waals surface area (Å²) in [4.78, 5) is 2.74. The quantitative estimate of drug-likeness (QED) is 0.775. The first kappa shape index (κ1) is 12.4. The minimum atomic E-state index is 0.426. The summed E-state index contributed by atoms with van der Waals surface area (Å²) in [6, 6.07) is 0. The van der Waals surface area contributed by atoms with Crippen molar-refractivity contribution in [1.29, 1.82) is 0 Å². The van der Waals surface area contributed by atoms with Crippen LogP contribution in [0.15, 0.2) is 0 Å². The van der Waals surface area contributed by atoms with Gasteiger partial charge in [-0.15, -0.1) is 0 Å². The smallest absolute Gasteiger partial charge is 0.0155 e. The minimum absolute atomic E-state index is 0.426. The van der Waals surface area contributed by atoms with Gasteiger partial charge in [-0.1, -0.05) is 6.92 Å². The highest BCUT2D eigenvalue weighted by atomic mass is 15.2. The number of hydrogen-bond acceptors (Lipinski definition) is 2. The summed E-state index contributed by atoms with van der Waals surface area (Å²) in [6.07, 6.45) is 5.56. The van der Waals surface area contributed by atoms with Crippen molar-refractivity contribution in [2.45, 2.75) is 52.0 Å². The molecule has 2 aliphatic rings. The van der Waals surface area contributed by atoms with Crippen LogP contribution in [-0.4, -0.2) is 36.6 Å². The van der Waals surface area contributed by atoms with E-state index in [2.05, 4.69) is 31.0 Å². The van der Waals surface area contributed by atoms with Gasteiger partial charge < -0.3 is 5.32 Å². The van der Waals surface area contributed by atoms with Crippen LogP contribution in [0.3, 0.4) is 0 Å². The van der Waals surface area contributed by atoms with Crippen LogP contribution in [0.5, 0.6) is 0 Å². The molecule has 2 aliphatic heterocycles. The lowest BCUT2D eigenvalue weighted by Crippen LogP contribution is -2.52. The molecule has 0 radical (unpaired) electrons. The molecule has 0 aromatic heterocycles. The molecule has 2 nitrogen and oxygen atoms in total. The maximum atomic E-state index is 3.53. The van der Waals surface area contributed by atoms with Crippen molar-refractivity contribution < 1.29 is 0 Å². The van der Waals surface area contributed by atoms with Crippen LogP contribution in [0.25, 0.3) is 0 Å². The Hall–Kier alpha value is -0.0800. The van der Waals surface area contributed by atoms with Crippen molar-refractivity contribution in [3.05, 3.63) is 0 Å². The maximum absolute atomic E-state index is 3.53. The van der Waals surface area contributed by atoms with Crippen molar-refractivity contribution >= 4 is 0 Å². The molecule has 0 bridgehead atoms. The third-order valence-electron chi connectivity index (χ3n) is 4.47. The van der Waals surface area contributed by atoms with Crippen LogP contribution < -0.4 is 5.32 Å². The number of likely N-dealkylation sites (tertiary alicyclic amines) is 1. The molecular formula is C14H28N2. The fourth-order valence-corrected chi connectivity index (χ4v) is 3.49. The van der Waals surface area contributed by atoms with Crippen LogP contribution in [0, 0.1) is 11.8 Å². The average Bonchev–Trinajstić information content (AvgIpc) is 2.23. The standard InChI is InChI=1S/C14H28N2/c1-12-6-8-16(14(2,3)9-12)11-13-5-4-7-15-10-13/h12-13,15H,4-11H2,1-3H3/t12-,13-/m0/s1. The molecule has 2 atom stereocenters. The van der Waals surface area contributed by atoms with Crippen LogP contribution in [0.1, 0.15) is 46.5 Å². The van der Waals surface area contributed by atoms with Crippen LogP contribution >= 0.6 is 0 Å². The van der Waals surface area contributed by atoms with Gasteiger partial charge in [-0.2, -0.15) is 0 Å². The first-order valence-electron chi connectivity index (χ1n) is 7.04. The number of rotatable bonds is 2. The number of nitrogens with one attached hydrogen (secondary N) is 1. The molecule has 0 unspecified atom stereocenters. The molecule has 2 rings (SSSR count). The van der Waals surface area contributed by atoms with Crippen molar-refractivity contribution in [2.24, 2.45) is 11.8 Å². The summed E-state index contributed by atoms with van der Waals surface area (Å²) in [5.74, 6) is 1.80. The van der Waals surface area contributed by atoms with E-state index in [0.717, 1.165) is 11.8 Å². The Bertz CT molecular complexity index is 219. The van der Waals surface area contributed by atoms with Gasteiger partial charge >= 0.3 is 0 Å². The van der Waals surface area contributed by atoms with E-state index in [0.29, 0.717) is 5.54 Å². The van der Waals surface area contributed by atoms with E-state index in [1.807, 2.05) is 0 Å².